The van der Waals surface area contributed by atoms with Gasteiger partial charge in [-0.1, -0.05) is 37.6 Å². The Bertz CT molecular complexity index is 677. The Morgan fingerprint density at radius 1 is 1.38 bits per heavy atom. The molecule has 0 aliphatic heterocycles. The van der Waals surface area contributed by atoms with E-state index in [1.165, 1.54) is 5.56 Å². The first-order chi connectivity index (χ1) is 11.5. The third kappa shape index (κ3) is 5.20. The van der Waals surface area contributed by atoms with Crippen molar-refractivity contribution in [2.24, 2.45) is 5.92 Å². The summed E-state index contributed by atoms with van der Waals surface area (Å²) >= 11 is 1.55. The first-order valence-electron chi connectivity index (χ1n) is 8.02. The maximum Gasteiger partial charge on any atom is 0.225 e. The van der Waals surface area contributed by atoms with Gasteiger partial charge < -0.3 is 9.64 Å². The number of carbonyl (C=O) groups is 1. The summed E-state index contributed by atoms with van der Waals surface area (Å²) in [5.41, 5.74) is 2.09. The first-order valence-corrected chi connectivity index (χ1v) is 8.90. The molecule has 1 aromatic carbocycles. The summed E-state index contributed by atoms with van der Waals surface area (Å²) in [7, 11) is 0. The molecule has 0 N–H and O–H groups in total. The fourth-order valence-corrected chi connectivity index (χ4v) is 2.91. The Kier molecular flexibility index (Phi) is 6.55. The number of thiazole rings is 1. The maximum absolute atomic E-state index is 12.2. The van der Waals surface area contributed by atoms with Crippen LogP contribution in [0.15, 0.2) is 42.3 Å². The third-order valence-corrected chi connectivity index (χ3v) is 4.36. The molecular weight excluding hydrogens is 320 g/mol. The van der Waals surface area contributed by atoms with Crippen molar-refractivity contribution in [2.45, 2.75) is 33.9 Å². The Morgan fingerprint density at radius 3 is 2.71 bits per heavy atom. The fraction of sp³-hybridized carbons (Fsp3) is 0.368. The first kappa shape index (κ1) is 18.2. The lowest BCUT2D eigenvalue weighted by Gasteiger charge is -2.22. The van der Waals surface area contributed by atoms with Gasteiger partial charge in [0.2, 0.25) is 5.91 Å². The Balaban J connectivity index is 1.94. The molecule has 0 aliphatic carbocycles. The van der Waals surface area contributed by atoms with Gasteiger partial charge in [0.25, 0.3) is 0 Å². The number of hydrogen-bond acceptors (Lipinski definition) is 4. The van der Waals surface area contributed by atoms with Gasteiger partial charge in [0.05, 0.1) is 12.2 Å². The van der Waals surface area contributed by atoms with Crippen molar-refractivity contribution in [3.63, 3.8) is 0 Å². The van der Waals surface area contributed by atoms with E-state index in [1.54, 1.807) is 22.3 Å². The summed E-state index contributed by atoms with van der Waals surface area (Å²) < 4.78 is 5.75. The van der Waals surface area contributed by atoms with Crippen molar-refractivity contribution in [3.8, 4) is 5.75 Å². The lowest BCUT2D eigenvalue weighted by atomic mass is 10.2. The highest BCUT2D eigenvalue weighted by atomic mass is 32.1. The second-order valence-electron chi connectivity index (χ2n) is 6.00. The predicted molar refractivity (Wildman–Crippen MR) is 98.1 cm³/mol. The van der Waals surface area contributed by atoms with Crippen LogP contribution in [0, 0.1) is 12.8 Å². The Morgan fingerprint density at radius 2 is 2.08 bits per heavy atom. The molecule has 2 aromatic rings. The lowest BCUT2D eigenvalue weighted by molar-refractivity contribution is -0.134. The van der Waals surface area contributed by atoms with E-state index in [0.717, 1.165) is 16.5 Å². The van der Waals surface area contributed by atoms with Crippen molar-refractivity contribution >= 4 is 17.2 Å². The van der Waals surface area contributed by atoms with Gasteiger partial charge in [0, 0.05) is 17.8 Å². The van der Waals surface area contributed by atoms with E-state index in [4.69, 9.17) is 4.74 Å². The van der Waals surface area contributed by atoms with Gasteiger partial charge >= 0.3 is 0 Å². The van der Waals surface area contributed by atoms with E-state index in [-0.39, 0.29) is 11.8 Å². The largest absolute Gasteiger partial charge is 0.486 e. The summed E-state index contributed by atoms with van der Waals surface area (Å²) in [5.74, 6) is 0.911. The number of aromatic nitrogens is 1. The summed E-state index contributed by atoms with van der Waals surface area (Å²) in [6.45, 7) is 11.1. The zero-order valence-electron chi connectivity index (χ0n) is 14.5. The predicted octanol–water partition coefficient (Wildman–Crippen LogP) is 4.20. The second kappa shape index (κ2) is 8.64. The molecule has 0 fully saturated rings. The average molecular weight is 344 g/mol. The van der Waals surface area contributed by atoms with E-state index >= 15 is 0 Å². The molecule has 2 rings (SSSR count). The van der Waals surface area contributed by atoms with E-state index in [0.29, 0.717) is 19.7 Å². The van der Waals surface area contributed by atoms with Crippen LogP contribution in [-0.4, -0.2) is 22.3 Å². The van der Waals surface area contributed by atoms with Gasteiger partial charge in [-0.3, -0.25) is 4.79 Å². The molecule has 0 saturated heterocycles. The molecule has 1 amide bonds. The quantitative estimate of drug-likeness (QED) is 0.674. The third-order valence-electron chi connectivity index (χ3n) is 3.49. The highest BCUT2D eigenvalue weighted by molar-refractivity contribution is 7.09. The zero-order valence-corrected chi connectivity index (χ0v) is 15.3. The number of ether oxygens (including phenoxy) is 1. The fourth-order valence-electron chi connectivity index (χ4n) is 2.22. The second-order valence-corrected chi connectivity index (χ2v) is 6.94. The number of nitrogens with zero attached hydrogens (tertiary/aromatic N) is 2. The summed E-state index contributed by atoms with van der Waals surface area (Å²) in [6, 6.07) is 7.95. The van der Waals surface area contributed by atoms with Crippen LogP contribution in [0.25, 0.3) is 0 Å². The van der Waals surface area contributed by atoms with Crippen LogP contribution in [0.1, 0.15) is 30.1 Å². The molecule has 24 heavy (non-hydrogen) atoms. The molecule has 0 unspecified atom stereocenters. The molecule has 0 atom stereocenters. The number of amides is 1. The summed E-state index contributed by atoms with van der Waals surface area (Å²) in [6.07, 6.45) is 1.74. The van der Waals surface area contributed by atoms with Crippen molar-refractivity contribution in [3.05, 3.63) is 58.6 Å². The molecular formula is C19H24N2O2S. The number of hydrogen-bond donors (Lipinski definition) is 0. The van der Waals surface area contributed by atoms with Gasteiger partial charge in [-0.2, -0.15) is 0 Å². The molecule has 0 saturated carbocycles. The van der Waals surface area contributed by atoms with Crippen LogP contribution < -0.4 is 4.74 Å². The standard InChI is InChI=1S/C19H24N2O2S/c1-5-10-21(19(22)14(2)3)11-16-13-24-18(20-16)12-23-17-8-6-15(4)7-9-17/h5-9,13-14H,1,10-12H2,2-4H3. The van der Waals surface area contributed by atoms with Crippen molar-refractivity contribution in [2.75, 3.05) is 6.54 Å². The van der Waals surface area contributed by atoms with Gasteiger partial charge in [-0.15, -0.1) is 17.9 Å². The van der Waals surface area contributed by atoms with Crippen LogP contribution in [0.3, 0.4) is 0 Å². The van der Waals surface area contributed by atoms with Crippen LogP contribution in [-0.2, 0) is 17.9 Å². The van der Waals surface area contributed by atoms with Crippen LogP contribution in [0.2, 0.25) is 0 Å². The molecule has 0 aliphatic rings. The highest BCUT2D eigenvalue weighted by Gasteiger charge is 2.17. The molecule has 0 spiro atoms. The highest BCUT2D eigenvalue weighted by Crippen LogP contribution is 2.17. The Labute approximate surface area is 147 Å². The lowest BCUT2D eigenvalue weighted by Crippen LogP contribution is -2.34. The topological polar surface area (TPSA) is 42.4 Å². The van der Waals surface area contributed by atoms with E-state index in [2.05, 4.69) is 11.6 Å². The minimum atomic E-state index is -0.0343. The SMILES string of the molecule is C=CCN(Cc1csc(COc2ccc(C)cc2)n1)C(=O)C(C)C. The minimum absolute atomic E-state index is 0.0343. The van der Waals surface area contributed by atoms with Crippen LogP contribution >= 0.6 is 11.3 Å². The average Bonchev–Trinajstić information content (AvgIpc) is 3.00. The number of rotatable bonds is 8. The zero-order chi connectivity index (χ0) is 17.5. The minimum Gasteiger partial charge on any atom is -0.486 e. The van der Waals surface area contributed by atoms with Gasteiger partial charge in [0.1, 0.15) is 17.4 Å². The van der Waals surface area contributed by atoms with Crippen molar-refractivity contribution in [1.29, 1.82) is 0 Å². The van der Waals surface area contributed by atoms with Crippen LogP contribution in [0.5, 0.6) is 5.75 Å². The molecule has 4 nitrogen and oxygen atoms in total. The van der Waals surface area contributed by atoms with Crippen molar-refractivity contribution in [1.82, 2.24) is 9.88 Å². The summed E-state index contributed by atoms with van der Waals surface area (Å²) in [5, 5.41) is 2.89. The Hall–Kier alpha value is -2.14. The van der Waals surface area contributed by atoms with E-state index < -0.39 is 0 Å². The summed E-state index contributed by atoms with van der Waals surface area (Å²) in [4.78, 5) is 18.6. The molecule has 0 radical (unpaired) electrons. The molecule has 128 valence electrons. The van der Waals surface area contributed by atoms with Crippen molar-refractivity contribution < 1.29 is 9.53 Å². The van der Waals surface area contributed by atoms with E-state index in [1.807, 2.05) is 50.4 Å². The smallest absolute Gasteiger partial charge is 0.225 e. The molecule has 1 aromatic heterocycles. The van der Waals surface area contributed by atoms with Crippen LogP contribution in [0.4, 0.5) is 0 Å². The molecule has 1 heterocycles. The van der Waals surface area contributed by atoms with E-state index in [9.17, 15) is 4.79 Å². The van der Waals surface area contributed by atoms with Gasteiger partial charge in [-0.05, 0) is 19.1 Å². The number of aryl methyl sites for hydroxylation is 1. The van der Waals surface area contributed by atoms with Gasteiger partial charge in [-0.25, -0.2) is 4.98 Å². The molecule has 5 heteroatoms. The maximum atomic E-state index is 12.2. The molecule has 0 bridgehead atoms. The monoisotopic (exact) mass is 344 g/mol. The normalized spacial score (nSPS) is 10.7. The van der Waals surface area contributed by atoms with Gasteiger partial charge in [0.15, 0.2) is 0 Å². The number of carbonyl (C=O) groups excluding carboxylic acids is 1. The number of benzene rings is 1.